The van der Waals surface area contributed by atoms with Gasteiger partial charge in [-0.1, -0.05) is 12.1 Å². The number of benzene rings is 2. The molecule has 2 aliphatic heterocycles. The van der Waals surface area contributed by atoms with Gasteiger partial charge < -0.3 is 28.8 Å². The third-order valence-electron chi connectivity index (χ3n) is 5.80. The van der Waals surface area contributed by atoms with Crippen molar-refractivity contribution in [2.75, 3.05) is 60.3 Å². The molecule has 0 saturated carbocycles. The van der Waals surface area contributed by atoms with Crippen LogP contribution in [0.4, 0.5) is 0 Å². The van der Waals surface area contributed by atoms with Crippen molar-refractivity contribution >= 4 is 0 Å². The molecule has 1 N–H and O–H groups in total. The second-order valence-electron chi connectivity index (χ2n) is 8.12. The van der Waals surface area contributed by atoms with Crippen molar-refractivity contribution in [1.29, 1.82) is 0 Å². The van der Waals surface area contributed by atoms with Crippen LogP contribution in [0.5, 0.6) is 23.0 Å². The maximum atomic E-state index is 10.4. The summed E-state index contributed by atoms with van der Waals surface area (Å²) in [6, 6.07) is 11.8. The lowest BCUT2D eigenvalue weighted by molar-refractivity contribution is 0.000837. The molecular weight excluding hydrogens is 412 g/mol. The van der Waals surface area contributed by atoms with E-state index >= 15 is 0 Å². The highest BCUT2D eigenvalue weighted by atomic mass is 16.7. The number of fused-ring (bicyclic) bond motifs is 1. The summed E-state index contributed by atoms with van der Waals surface area (Å²) in [5, 5.41) is 10.4. The lowest BCUT2D eigenvalue weighted by Crippen LogP contribution is -2.48. The standard InChI is InChI=1S/C24H32N2O6/c1-28-21-5-4-19(12-23(21)29-2)15-30-16-20(27)14-26-9-7-25(8-10-26)13-18-3-6-22-24(11-18)32-17-31-22/h3-6,11-12,20,27H,7-10,13-17H2,1-2H3. The summed E-state index contributed by atoms with van der Waals surface area (Å²) in [6.07, 6.45) is -0.518. The smallest absolute Gasteiger partial charge is 0.231 e. The fraction of sp³-hybridized carbons (Fsp3) is 0.500. The van der Waals surface area contributed by atoms with Crippen LogP contribution < -0.4 is 18.9 Å². The number of rotatable bonds is 10. The number of β-amino-alcohol motifs (C(OH)–C–C–N with tert-alkyl or cyclic N) is 1. The van der Waals surface area contributed by atoms with Gasteiger partial charge in [0.1, 0.15) is 0 Å². The van der Waals surface area contributed by atoms with Gasteiger partial charge in [0.25, 0.3) is 0 Å². The van der Waals surface area contributed by atoms with Crippen LogP contribution in [0.3, 0.4) is 0 Å². The second kappa shape index (κ2) is 10.9. The van der Waals surface area contributed by atoms with Gasteiger partial charge in [0.15, 0.2) is 23.0 Å². The van der Waals surface area contributed by atoms with E-state index < -0.39 is 6.10 Å². The summed E-state index contributed by atoms with van der Waals surface area (Å²) < 4.78 is 27.1. The molecule has 0 aliphatic carbocycles. The van der Waals surface area contributed by atoms with Gasteiger partial charge in [-0.25, -0.2) is 0 Å². The molecule has 2 aromatic rings. The van der Waals surface area contributed by atoms with Gasteiger partial charge in [0.2, 0.25) is 6.79 Å². The molecule has 0 spiro atoms. The zero-order valence-corrected chi connectivity index (χ0v) is 18.8. The highest BCUT2D eigenvalue weighted by Crippen LogP contribution is 2.33. The normalized spacial score (nSPS) is 17.3. The molecule has 0 radical (unpaired) electrons. The van der Waals surface area contributed by atoms with Crippen molar-refractivity contribution < 1.29 is 28.8 Å². The lowest BCUT2D eigenvalue weighted by atomic mass is 10.1. The predicted octanol–water partition coefficient (Wildman–Crippen LogP) is 2.13. The Morgan fingerprint density at radius 2 is 1.59 bits per heavy atom. The third-order valence-corrected chi connectivity index (χ3v) is 5.80. The SMILES string of the molecule is COc1ccc(COCC(O)CN2CCN(Cc3ccc4c(c3)OCO4)CC2)cc1OC. The zero-order chi connectivity index (χ0) is 22.3. The molecule has 4 rings (SSSR count). The average Bonchev–Trinajstić information content (AvgIpc) is 3.28. The fourth-order valence-electron chi connectivity index (χ4n) is 4.06. The Bertz CT molecular complexity index is 885. The minimum absolute atomic E-state index is 0.297. The minimum Gasteiger partial charge on any atom is -0.493 e. The van der Waals surface area contributed by atoms with E-state index in [1.165, 1.54) is 5.56 Å². The van der Waals surface area contributed by atoms with Gasteiger partial charge in [-0.05, 0) is 35.4 Å². The number of aliphatic hydroxyl groups is 1. The van der Waals surface area contributed by atoms with Crippen molar-refractivity contribution in [2.45, 2.75) is 19.3 Å². The van der Waals surface area contributed by atoms with Crippen LogP contribution >= 0.6 is 0 Å². The van der Waals surface area contributed by atoms with Gasteiger partial charge in [0.05, 0.1) is 33.5 Å². The Morgan fingerprint density at radius 1 is 0.875 bits per heavy atom. The van der Waals surface area contributed by atoms with Gasteiger partial charge in [0, 0.05) is 39.3 Å². The molecule has 2 aromatic carbocycles. The average molecular weight is 445 g/mol. The first-order valence-corrected chi connectivity index (χ1v) is 10.9. The Kier molecular flexibility index (Phi) is 7.70. The van der Waals surface area contributed by atoms with Crippen LogP contribution in [0.1, 0.15) is 11.1 Å². The van der Waals surface area contributed by atoms with E-state index in [1.807, 2.05) is 24.3 Å². The Balaban J connectivity index is 1.15. The number of hydrogen-bond acceptors (Lipinski definition) is 8. The molecule has 0 amide bonds. The summed E-state index contributed by atoms with van der Waals surface area (Å²) in [6.45, 7) is 6.31. The van der Waals surface area contributed by atoms with E-state index in [-0.39, 0.29) is 0 Å². The molecule has 0 bridgehead atoms. The predicted molar refractivity (Wildman–Crippen MR) is 119 cm³/mol. The Labute approximate surface area is 189 Å². The van der Waals surface area contributed by atoms with E-state index in [4.69, 9.17) is 23.7 Å². The van der Waals surface area contributed by atoms with Crippen LogP contribution in [-0.4, -0.2) is 81.4 Å². The number of aliphatic hydroxyl groups excluding tert-OH is 1. The van der Waals surface area contributed by atoms with E-state index in [1.54, 1.807) is 14.2 Å². The van der Waals surface area contributed by atoms with Crippen LogP contribution in [0.2, 0.25) is 0 Å². The van der Waals surface area contributed by atoms with Crippen LogP contribution in [0.15, 0.2) is 36.4 Å². The van der Waals surface area contributed by atoms with Crippen molar-refractivity contribution in [3.63, 3.8) is 0 Å². The topological polar surface area (TPSA) is 72.9 Å². The molecular formula is C24H32N2O6. The maximum Gasteiger partial charge on any atom is 0.231 e. The quantitative estimate of drug-likeness (QED) is 0.598. The molecule has 174 valence electrons. The summed E-state index contributed by atoms with van der Waals surface area (Å²) in [7, 11) is 3.22. The van der Waals surface area contributed by atoms with E-state index in [0.717, 1.165) is 49.8 Å². The fourth-order valence-corrected chi connectivity index (χ4v) is 4.06. The number of piperazine rings is 1. The van der Waals surface area contributed by atoms with Crippen molar-refractivity contribution in [3.05, 3.63) is 47.5 Å². The number of methoxy groups -OCH3 is 2. The van der Waals surface area contributed by atoms with E-state index in [0.29, 0.717) is 38.1 Å². The first-order valence-electron chi connectivity index (χ1n) is 10.9. The first kappa shape index (κ1) is 22.7. The molecule has 1 unspecified atom stereocenters. The van der Waals surface area contributed by atoms with Crippen LogP contribution in [0, 0.1) is 0 Å². The van der Waals surface area contributed by atoms with Crippen LogP contribution in [-0.2, 0) is 17.9 Å². The molecule has 2 heterocycles. The molecule has 0 aromatic heterocycles. The third kappa shape index (κ3) is 5.83. The molecule has 1 saturated heterocycles. The highest BCUT2D eigenvalue weighted by molar-refractivity contribution is 5.44. The minimum atomic E-state index is -0.518. The first-order chi connectivity index (χ1) is 15.6. The zero-order valence-electron chi connectivity index (χ0n) is 18.8. The molecule has 1 fully saturated rings. The van der Waals surface area contributed by atoms with Crippen LogP contribution in [0.25, 0.3) is 0 Å². The maximum absolute atomic E-state index is 10.4. The summed E-state index contributed by atoms with van der Waals surface area (Å²) in [5.41, 5.74) is 2.21. The monoisotopic (exact) mass is 444 g/mol. The Morgan fingerprint density at radius 3 is 2.38 bits per heavy atom. The van der Waals surface area contributed by atoms with Crippen molar-refractivity contribution in [1.82, 2.24) is 9.80 Å². The van der Waals surface area contributed by atoms with E-state index in [2.05, 4.69) is 21.9 Å². The molecule has 2 aliphatic rings. The number of nitrogens with zero attached hydrogens (tertiary/aromatic N) is 2. The van der Waals surface area contributed by atoms with Gasteiger partial charge in [-0.2, -0.15) is 0 Å². The summed E-state index contributed by atoms with van der Waals surface area (Å²) >= 11 is 0. The highest BCUT2D eigenvalue weighted by Gasteiger charge is 2.20. The van der Waals surface area contributed by atoms with Crippen molar-refractivity contribution in [3.8, 4) is 23.0 Å². The molecule has 8 nitrogen and oxygen atoms in total. The lowest BCUT2D eigenvalue weighted by Gasteiger charge is -2.35. The second-order valence-corrected chi connectivity index (χ2v) is 8.12. The summed E-state index contributed by atoms with van der Waals surface area (Å²) in [5.74, 6) is 3.01. The van der Waals surface area contributed by atoms with Crippen molar-refractivity contribution in [2.24, 2.45) is 0 Å². The van der Waals surface area contributed by atoms with Gasteiger partial charge >= 0.3 is 0 Å². The van der Waals surface area contributed by atoms with Gasteiger partial charge in [-0.3, -0.25) is 9.80 Å². The van der Waals surface area contributed by atoms with Gasteiger partial charge in [-0.15, -0.1) is 0 Å². The number of hydrogen-bond donors (Lipinski definition) is 1. The largest absolute Gasteiger partial charge is 0.493 e. The number of ether oxygens (including phenoxy) is 5. The van der Waals surface area contributed by atoms with E-state index in [9.17, 15) is 5.11 Å². The summed E-state index contributed by atoms with van der Waals surface area (Å²) in [4.78, 5) is 4.72. The molecule has 1 atom stereocenters. The molecule has 32 heavy (non-hydrogen) atoms. The molecule has 8 heteroatoms. The Hall–Kier alpha value is -2.52.